The lowest BCUT2D eigenvalue weighted by Crippen LogP contribution is -2.39. The predicted molar refractivity (Wildman–Crippen MR) is 105 cm³/mol. The Kier molecular flexibility index (Phi) is 11.9. The molecule has 0 saturated carbocycles. The van der Waals surface area contributed by atoms with Gasteiger partial charge in [0.2, 0.25) is 0 Å². The van der Waals surface area contributed by atoms with Crippen LogP contribution >= 0.6 is 24.0 Å². The maximum absolute atomic E-state index is 4.68. The molecule has 1 aromatic rings. The lowest BCUT2D eigenvalue weighted by Gasteiger charge is -2.21. The van der Waals surface area contributed by atoms with Crippen molar-refractivity contribution in [3.8, 4) is 0 Å². The van der Waals surface area contributed by atoms with Crippen molar-refractivity contribution in [2.75, 3.05) is 26.7 Å². The zero-order chi connectivity index (χ0) is 15.5. The highest BCUT2D eigenvalue weighted by atomic mass is 127. The molecule has 0 bridgehead atoms. The van der Waals surface area contributed by atoms with Crippen LogP contribution < -0.4 is 5.32 Å². The van der Waals surface area contributed by atoms with Gasteiger partial charge in [0.05, 0.1) is 6.20 Å². The SMILES string of the molecule is C=CCCCN(C)C(=NCCCn1cc(C)cn1)NCC.I. The third kappa shape index (κ3) is 8.41. The second kappa shape index (κ2) is 12.5. The van der Waals surface area contributed by atoms with Crippen LogP contribution in [-0.2, 0) is 6.54 Å². The van der Waals surface area contributed by atoms with Gasteiger partial charge in [-0.1, -0.05) is 6.08 Å². The predicted octanol–water partition coefficient (Wildman–Crippen LogP) is 3.06. The minimum Gasteiger partial charge on any atom is -0.357 e. The summed E-state index contributed by atoms with van der Waals surface area (Å²) in [6, 6.07) is 0. The molecule has 22 heavy (non-hydrogen) atoms. The highest BCUT2D eigenvalue weighted by molar-refractivity contribution is 14.0. The maximum Gasteiger partial charge on any atom is 0.193 e. The van der Waals surface area contributed by atoms with E-state index in [1.165, 1.54) is 5.56 Å². The first-order valence-corrected chi connectivity index (χ1v) is 7.76. The van der Waals surface area contributed by atoms with E-state index in [2.05, 4.69) is 54.0 Å². The normalized spacial score (nSPS) is 11.0. The Hall–Kier alpha value is -1.05. The summed E-state index contributed by atoms with van der Waals surface area (Å²) < 4.78 is 1.98. The molecular weight excluding hydrogens is 389 g/mol. The molecule has 0 unspecified atom stereocenters. The van der Waals surface area contributed by atoms with Crippen LogP contribution in [0.15, 0.2) is 30.0 Å². The third-order valence-corrected chi connectivity index (χ3v) is 3.17. The average Bonchev–Trinajstić information content (AvgIpc) is 2.88. The molecule has 0 aliphatic carbocycles. The fourth-order valence-electron chi connectivity index (χ4n) is 2.06. The van der Waals surface area contributed by atoms with Crippen molar-refractivity contribution in [3.05, 3.63) is 30.6 Å². The summed E-state index contributed by atoms with van der Waals surface area (Å²) in [6.07, 6.45) is 9.07. The molecule has 0 fully saturated rings. The summed E-state index contributed by atoms with van der Waals surface area (Å²) in [5.41, 5.74) is 1.20. The number of aromatic nitrogens is 2. The minimum absolute atomic E-state index is 0. The van der Waals surface area contributed by atoms with E-state index in [0.29, 0.717) is 0 Å². The molecule has 1 rings (SSSR count). The quantitative estimate of drug-likeness (QED) is 0.220. The van der Waals surface area contributed by atoms with Crippen LogP contribution in [0.4, 0.5) is 0 Å². The van der Waals surface area contributed by atoms with Crippen molar-refractivity contribution in [2.24, 2.45) is 4.99 Å². The van der Waals surface area contributed by atoms with Crippen molar-refractivity contribution in [1.29, 1.82) is 0 Å². The third-order valence-electron chi connectivity index (χ3n) is 3.17. The van der Waals surface area contributed by atoms with E-state index < -0.39 is 0 Å². The summed E-state index contributed by atoms with van der Waals surface area (Å²) in [5.74, 6) is 0.984. The van der Waals surface area contributed by atoms with Gasteiger partial charge < -0.3 is 10.2 Å². The van der Waals surface area contributed by atoms with Crippen molar-refractivity contribution < 1.29 is 0 Å². The van der Waals surface area contributed by atoms with Crippen molar-refractivity contribution >= 4 is 29.9 Å². The van der Waals surface area contributed by atoms with Gasteiger partial charge in [-0.05, 0) is 38.7 Å². The zero-order valence-corrected chi connectivity index (χ0v) is 16.4. The molecule has 0 radical (unpaired) electrons. The maximum atomic E-state index is 4.68. The summed E-state index contributed by atoms with van der Waals surface area (Å²) in [5, 5.41) is 7.63. The van der Waals surface area contributed by atoms with Crippen LogP contribution in [0.3, 0.4) is 0 Å². The Morgan fingerprint density at radius 2 is 2.27 bits per heavy atom. The number of unbranched alkanes of at least 4 members (excludes halogenated alkanes) is 1. The molecular formula is C16H30IN5. The van der Waals surface area contributed by atoms with Gasteiger partial charge in [0.25, 0.3) is 0 Å². The van der Waals surface area contributed by atoms with Gasteiger partial charge in [0.1, 0.15) is 0 Å². The molecule has 0 atom stereocenters. The fraction of sp³-hybridized carbons (Fsp3) is 0.625. The highest BCUT2D eigenvalue weighted by Crippen LogP contribution is 1.98. The summed E-state index contributed by atoms with van der Waals surface area (Å²) in [4.78, 5) is 6.86. The molecule has 0 aliphatic rings. The van der Waals surface area contributed by atoms with Gasteiger partial charge >= 0.3 is 0 Å². The Bertz CT molecular complexity index is 441. The number of guanidine groups is 1. The monoisotopic (exact) mass is 419 g/mol. The fourth-order valence-corrected chi connectivity index (χ4v) is 2.06. The molecule has 126 valence electrons. The Morgan fingerprint density at radius 3 is 2.86 bits per heavy atom. The van der Waals surface area contributed by atoms with Gasteiger partial charge in [-0.25, -0.2) is 0 Å². The van der Waals surface area contributed by atoms with Crippen LogP contribution in [0.25, 0.3) is 0 Å². The van der Waals surface area contributed by atoms with Crippen molar-refractivity contribution in [1.82, 2.24) is 20.0 Å². The molecule has 1 aromatic heterocycles. The molecule has 0 aliphatic heterocycles. The lowest BCUT2D eigenvalue weighted by atomic mass is 10.3. The van der Waals surface area contributed by atoms with Crippen molar-refractivity contribution in [3.63, 3.8) is 0 Å². The van der Waals surface area contributed by atoms with Crippen LogP contribution in [-0.4, -0.2) is 47.3 Å². The Morgan fingerprint density at radius 1 is 1.50 bits per heavy atom. The molecule has 6 heteroatoms. The summed E-state index contributed by atoms with van der Waals surface area (Å²) in [6.45, 7) is 11.5. The Balaban J connectivity index is 0.00000441. The molecule has 1 heterocycles. The molecule has 0 amide bonds. The zero-order valence-electron chi connectivity index (χ0n) is 14.1. The van der Waals surface area contributed by atoms with E-state index >= 15 is 0 Å². The molecule has 0 saturated heterocycles. The van der Waals surface area contributed by atoms with Gasteiger partial charge in [-0.3, -0.25) is 9.67 Å². The second-order valence-corrected chi connectivity index (χ2v) is 5.22. The minimum atomic E-state index is 0. The molecule has 0 aromatic carbocycles. The van der Waals surface area contributed by atoms with Crippen LogP contribution in [0.1, 0.15) is 31.7 Å². The van der Waals surface area contributed by atoms with Crippen LogP contribution in [0, 0.1) is 6.92 Å². The van der Waals surface area contributed by atoms with Crippen LogP contribution in [0.5, 0.6) is 0 Å². The topological polar surface area (TPSA) is 45.5 Å². The number of nitrogens with one attached hydrogen (secondary N) is 1. The first kappa shape index (κ1) is 20.9. The second-order valence-electron chi connectivity index (χ2n) is 5.22. The highest BCUT2D eigenvalue weighted by Gasteiger charge is 2.04. The number of rotatable bonds is 9. The van der Waals surface area contributed by atoms with E-state index in [1.54, 1.807) is 0 Å². The number of halogens is 1. The molecule has 1 N–H and O–H groups in total. The number of nitrogens with zero attached hydrogens (tertiary/aromatic N) is 4. The first-order chi connectivity index (χ1) is 10.2. The van der Waals surface area contributed by atoms with Gasteiger partial charge in [-0.15, -0.1) is 30.6 Å². The van der Waals surface area contributed by atoms with Crippen molar-refractivity contribution in [2.45, 2.75) is 39.7 Å². The van der Waals surface area contributed by atoms with E-state index in [4.69, 9.17) is 0 Å². The van der Waals surface area contributed by atoms with E-state index in [0.717, 1.165) is 51.4 Å². The molecule has 0 spiro atoms. The van der Waals surface area contributed by atoms with Gasteiger partial charge in [0.15, 0.2) is 5.96 Å². The van der Waals surface area contributed by atoms with Crippen LogP contribution in [0.2, 0.25) is 0 Å². The smallest absolute Gasteiger partial charge is 0.193 e. The lowest BCUT2D eigenvalue weighted by molar-refractivity contribution is 0.468. The number of hydrogen-bond acceptors (Lipinski definition) is 2. The van der Waals surface area contributed by atoms with E-state index in [1.807, 2.05) is 17.0 Å². The number of hydrogen-bond donors (Lipinski definition) is 1. The van der Waals surface area contributed by atoms with Gasteiger partial charge in [0, 0.05) is 39.4 Å². The number of aryl methyl sites for hydroxylation is 2. The average molecular weight is 419 g/mol. The van der Waals surface area contributed by atoms with E-state index in [9.17, 15) is 0 Å². The summed E-state index contributed by atoms with van der Waals surface area (Å²) in [7, 11) is 2.08. The standard InChI is InChI=1S/C16H29N5.HI/c1-5-7-8-11-20(4)16(17-6-2)18-10-9-12-21-14-15(3)13-19-21;/h5,13-14H,1,6-12H2,2-4H3,(H,17,18);1H. The van der Waals surface area contributed by atoms with E-state index in [-0.39, 0.29) is 24.0 Å². The largest absolute Gasteiger partial charge is 0.357 e. The Labute approximate surface area is 151 Å². The summed E-state index contributed by atoms with van der Waals surface area (Å²) >= 11 is 0. The van der Waals surface area contributed by atoms with Gasteiger partial charge in [-0.2, -0.15) is 5.10 Å². The number of aliphatic imine (C=N–C) groups is 1. The molecule has 5 nitrogen and oxygen atoms in total. The first-order valence-electron chi connectivity index (χ1n) is 7.76. The number of allylic oxidation sites excluding steroid dienone is 1.